The van der Waals surface area contributed by atoms with Gasteiger partial charge in [0.25, 0.3) is 0 Å². The molecule has 0 aliphatic rings. The third-order valence-electron chi connectivity index (χ3n) is 2.46. The molecule has 0 amide bonds. The zero-order valence-corrected chi connectivity index (χ0v) is 14.0. The van der Waals surface area contributed by atoms with E-state index in [1.54, 1.807) is 12.2 Å². The molecular formula is C17H13BrOSe. The van der Waals surface area contributed by atoms with Crippen molar-refractivity contribution in [1.29, 1.82) is 0 Å². The van der Waals surface area contributed by atoms with Gasteiger partial charge in [0.15, 0.2) is 0 Å². The number of carbonyl (C=O) groups is 1. The van der Waals surface area contributed by atoms with Crippen molar-refractivity contribution in [2.45, 2.75) is 0 Å². The number of rotatable bonds is 5. The number of hydrogen-bond acceptors (Lipinski definition) is 1. The molecule has 2 aromatic rings. The fraction of sp³-hybridized carbons (Fsp3) is 0. The third-order valence-corrected chi connectivity index (χ3v) is 4.77. The second kappa shape index (κ2) is 8.01. The topological polar surface area (TPSA) is 17.1 Å². The van der Waals surface area contributed by atoms with Crippen LogP contribution in [0.25, 0.3) is 6.08 Å². The van der Waals surface area contributed by atoms with Crippen LogP contribution < -0.4 is 4.46 Å². The van der Waals surface area contributed by atoms with Crippen molar-refractivity contribution in [2.75, 3.05) is 0 Å². The summed E-state index contributed by atoms with van der Waals surface area (Å²) in [5.74, 6) is 0. The Kier molecular flexibility index (Phi) is 6.00. The monoisotopic (exact) mass is 392 g/mol. The molecule has 2 aromatic carbocycles. The molecule has 0 radical (unpaired) electrons. The summed E-state index contributed by atoms with van der Waals surface area (Å²) in [6.07, 6.45) is 7.31. The standard InChI is InChI=1S/C17H13BrOSe/c18-15-12-10-14(11-13-15)6-4-5-9-17(19)20-16-7-2-1-3-8-16/h1-13H/b6-4+,9-5+. The van der Waals surface area contributed by atoms with Crippen molar-refractivity contribution < 1.29 is 4.79 Å². The Labute approximate surface area is 133 Å². The zero-order valence-electron chi connectivity index (χ0n) is 10.7. The van der Waals surface area contributed by atoms with E-state index in [4.69, 9.17) is 0 Å². The summed E-state index contributed by atoms with van der Waals surface area (Å²) < 4.78 is 2.33. The van der Waals surface area contributed by atoms with Gasteiger partial charge in [0.2, 0.25) is 0 Å². The van der Waals surface area contributed by atoms with E-state index in [-0.39, 0.29) is 19.6 Å². The molecule has 0 aromatic heterocycles. The van der Waals surface area contributed by atoms with Crippen LogP contribution in [0.1, 0.15) is 5.56 Å². The Morgan fingerprint density at radius 2 is 1.65 bits per heavy atom. The van der Waals surface area contributed by atoms with Crippen LogP contribution in [0.4, 0.5) is 0 Å². The van der Waals surface area contributed by atoms with Gasteiger partial charge in [-0.3, -0.25) is 0 Å². The molecule has 1 nitrogen and oxygen atoms in total. The first-order valence-electron chi connectivity index (χ1n) is 6.11. The number of benzene rings is 2. The van der Waals surface area contributed by atoms with Crippen LogP contribution >= 0.6 is 15.9 Å². The van der Waals surface area contributed by atoms with E-state index in [9.17, 15) is 4.79 Å². The molecule has 0 fully saturated rings. The average molecular weight is 392 g/mol. The second-order valence-electron chi connectivity index (χ2n) is 4.00. The van der Waals surface area contributed by atoms with Crippen molar-refractivity contribution in [1.82, 2.24) is 0 Å². The first kappa shape index (κ1) is 15.0. The average Bonchev–Trinajstić information content (AvgIpc) is 2.46. The van der Waals surface area contributed by atoms with Gasteiger partial charge in [0, 0.05) is 0 Å². The van der Waals surface area contributed by atoms with Gasteiger partial charge in [-0.2, -0.15) is 0 Å². The van der Waals surface area contributed by atoms with Gasteiger partial charge in [-0.1, -0.05) is 0 Å². The Hall–Kier alpha value is -1.41. The Morgan fingerprint density at radius 1 is 0.950 bits per heavy atom. The Morgan fingerprint density at radius 3 is 2.35 bits per heavy atom. The number of allylic oxidation sites excluding steroid dienone is 3. The molecule has 0 spiro atoms. The molecule has 3 heteroatoms. The molecule has 0 atom stereocenters. The van der Waals surface area contributed by atoms with E-state index >= 15 is 0 Å². The minimum absolute atomic E-state index is 0.136. The van der Waals surface area contributed by atoms with Crippen molar-refractivity contribution in [3.8, 4) is 0 Å². The second-order valence-corrected chi connectivity index (χ2v) is 7.18. The summed E-state index contributed by atoms with van der Waals surface area (Å²) in [7, 11) is 0. The van der Waals surface area contributed by atoms with Crippen LogP contribution in [0.15, 0.2) is 77.3 Å². The predicted octanol–water partition coefficient (Wildman–Crippen LogP) is 3.57. The SMILES string of the molecule is O=C(/C=C/C=C/c1ccc(Br)cc1)[Se]c1ccccc1. The van der Waals surface area contributed by atoms with Crippen LogP contribution in [-0.4, -0.2) is 19.6 Å². The normalized spacial score (nSPS) is 11.2. The minimum atomic E-state index is -0.136. The molecule has 0 aliphatic heterocycles. The summed E-state index contributed by atoms with van der Waals surface area (Å²) in [4.78, 5) is 11.8. The molecule has 0 saturated carbocycles. The van der Waals surface area contributed by atoms with E-state index in [0.717, 1.165) is 14.5 Å². The molecule has 0 N–H and O–H groups in total. The van der Waals surface area contributed by atoms with E-state index in [2.05, 4.69) is 15.9 Å². The summed E-state index contributed by atoms with van der Waals surface area (Å²) >= 11 is 3.26. The molecule has 0 unspecified atom stereocenters. The molecule has 0 saturated heterocycles. The van der Waals surface area contributed by atoms with Gasteiger partial charge >= 0.3 is 134 Å². The van der Waals surface area contributed by atoms with Crippen LogP contribution in [0.5, 0.6) is 0 Å². The molecule has 0 bridgehead atoms. The number of carbonyl (C=O) groups excluding carboxylic acids is 1. The van der Waals surface area contributed by atoms with Gasteiger partial charge in [0.1, 0.15) is 0 Å². The first-order chi connectivity index (χ1) is 9.74. The Balaban J connectivity index is 1.86. The fourth-order valence-corrected chi connectivity index (χ4v) is 3.19. The number of halogens is 1. The third kappa shape index (κ3) is 5.30. The van der Waals surface area contributed by atoms with Gasteiger partial charge in [-0.15, -0.1) is 0 Å². The zero-order chi connectivity index (χ0) is 14.2. The summed E-state index contributed by atoms with van der Waals surface area (Å²) in [5.41, 5.74) is 1.11. The van der Waals surface area contributed by atoms with Crippen LogP contribution in [0.3, 0.4) is 0 Å². The molecule has 20 heavy (non-hydrogen) atoms. The maximum atomic E-state index is 11.8. The van der Waals surface area contributed by atoms with Crippen LogP contribution in [-0.2, 0) is 4.79 Å². The number of hydrogen-bond donors (Lipinski definition) is 0. The van der Waals surface area contributed by atoms with Crippen LogP contribution in [0, 0.1) is 0 Å². The van der Waals surface area contributed by atoms with E-state index in [1.165, 1.54) is 0 Å². The van der Waals surface area contributed by atoms with Gasteiger partial charge < -0.3 is 0 Å². The molecule has 100 valence electrons. The maximum absolute atomic E-state index is 11.8. The van der Waals surface area contributed by atoms with E-state index in [1.807, 2.05) is 66.7 Å². The van der Waals surface area contributed by atoms with Crippen molar-refractivity contribution in [3.63, 3.8) is 0 Å². The van der Waals surface area contributed by atoms with Crippen molar-refractivity contribution >= 4 is 46.1 Å². The van der Waals surface area contributed by atoms with Crippen molar-refractivity contribution in [3.05, 3.63) is 82.9 Å². The summed E-state index contributed by atoms with van der Waals surface area (Å²) in [6, 6.07) is 17.9. The van der Waals surface area contributed by atoms with Gasteiger partial charge in [-0.25, -0.2) is 0 Å². The molecular weight excluding hydrogens is 379 g/mol. The Bertz CT molecular complexity index is 615. The molecule has 0 heterocycles. The van der Waals surface area contributed by atoms with Crippen LogP contribution in [0.2, 0.25) is 0 Å². The first-order valence-corrected chi connectivity index (χ1v) is 8.62. The molecule has 2 rings (SSSR count). The van der Waals surface area contributed by atoms with E-state index in [0.29, 0.717) is 0 Å². The van der Waals surface area contributed by atoms with Crippen molar-refractivity contribution in [2.24, 2.45) is 0 Å². The predicted molar refractivity (Wildman–Crippen MR) is 89.2 cm³/mol. The fourth-order valence-electron chi connectivity index (χ4n) is 1.51. The summed E-state index contributed by atoms with van der Waals surface area (Å²) in [6.45, 7) is 0. The van der Waals surface area contributed by atoms with E-state index < -0.39 is 0 Å². The summed E-state index contributed by atoms with van der Waals surface area (Å²) in [5, 5.41) is 0. The van der Waals surface area contributed by atoms with Gasteiger partial charge in [-0.05, 0) is 0 Å². The molecule has 0 aliphatic carbocycles. The quantitative estimate of drug-likeness (QED) is 0.432. The van der Waals surface area contributed by atoms with Gasteiger partial charge in [0.05, 0.1) is 0 Å².